The topological polar surface area (TPSA) is 79.5 Å². The number of carbonyl (C=O) groups excluding carboxylic acids is 1. The van der Waals surface area contributed by atoms with Crippen LogP contribution in [0.5, 0.6) is 0 Å². The molecule has 0 saturated carbocycles. The molecule has 0 aliphatic heterocycles. The van der Waals surface area contributed by atoms with Crippen LogP contribution < -0.4 is 0 Å². The van der Waals surface area contributed by atoms with Gasteiger partial charge in [-0.05, 0) is 19.9 Å². The number of aromatic nitrogens is 2. The zero-order chi connectivity index (χ0) is 13.3. The monoisotopic (exact) mass is 249 g/mol. The molecule has 0 aromatic carbocycles. The molecule has 0 aliphatic rings. The van der Waals surface area contributed by atoms with Crippen LogP contribution in [0.2, 0.25) is 0 Å². The number of carbonyl (C=O) groups is 1. The summed E-state index contributed by atoms with van der Waals surface area (Å²) in [4.78, 5) is 17.7. The van der Waals surface area contributed by atoms with Crippen LogP contribution in [-0.4, -0.2) is 45.8 Å². The summed E-state index contributed by atoms with van der Waals surface area (Å²) < 4.78 is 4.99. The molecule has 0 aliphatic carbocycles. The molecule has 2 aromatic heterocycles. The average molecular weight is 249 g/mol. The number of aryl methyl sites for hydroxylation is 1. The fraction of sp³-hybridized carbons (Fsp3) is 0.417. The predicted molar refractivity (Wildman–Crippen MR) is 65.2 cm³/mol. The third-order valence-corrected chi connectivity index (χ3v) is 3.00. The number of hydrogen-bond donors (Lipinski definition) is 1. The minimum Gasteiger partial charge on any atom is -0.394 e. The van der Waals surface area contributed by atoms with Gasteiger partial charge in [-0.3, -0.25) is 4.79 Å². The van der Waals surface area contributed by atoms with Crippen LogP contribution in [0.25, 0.3) is 11.1 Å². The quantitative estimate of drug-likeness (QED) is 0.877. The van der Waals surface area contributed by atoms with E-state index < -0.39 is 0 Å². The van der Waals surface area contributed by atoms with Gasteiger partial charge in [0, 0.05) is 13.2 Å². The Labute approximate surface area is 104 Å². The molecule has 2 rings (SSSR count). The number of aliphatic hydroxyl groups is 1. The lowest BCUT2D eigenvalue weighted by Gasteiger charge is -2.22. The third kappa shape index (κ3) is 2.06. The van der Waals surface area contributed by atoms with Gasteiger partial charge in [-0.1, -0.05) is 5.16 Å². The summed E-state index contributed by atoms with van der Waals surface area (Å²) in [5, 5.41) is 13.6. The fourth-order valence-corrected chi connectivity index (χ4v) is 1.59. The van der Waals surface area contributed by atoms with Gasteiger partial charge in [-0.25, -0.2) is 4.98 Å². The summed E-state index contributed by atoms with van der Waals surface area (Å²) in [5.41, 5.74) is 1.57. The van der Waals surface area contributed by atoms with E-state index in [-0.39, 0.29) is 18.6 Å². The second-order valence-electron chi connectivity index (χ2n) is 4.29. The smallest absolute Gasteiger partial charge is 0.257 e. The lowest BCUT2D eigenvalue weighted by atomic mass is 10.2. The molecule has 1 atom stereocenters. The van der Waals surface area contributed by atoms with Crippen LogP contribution in [0.4, 0.5) is 0 Å². The van der Waals surface area contributed by atoms with Crippen molar-refractivity contribution in [1.29, 1.82) is 0 Å². The Morgan fingerprint density at radius 3 is 3.00 bits per heavy atom. The number of pyridine rings is 1. The lowest BCUT2D eigenvalue weighted by Crippen LogP contribution is -2.37. The van der Waals surface area contributed by atoms with Crippen LogP contribution in [0, 0.1) is 6.92 Å². The van der Waals surface area contributed by atoms with Crippen LogP contribution in [0.3, 0.4) is 0 Å². The van der Waals surface area contributed by atoms with Crippen molar-refractivity contribution >= 4 is 17.0 Å². The Bertz CT molecular complexity index is 579. The molecule has 0 spiro atoms. The summed E-state index contributed by atoms with van der Waals surface area (Å²) in [5.74, 6) is -0.188. The van der Waals surface area contributed by atoms with E-state index >= 15 is 0 Å². The largest absolute Gasteiger partial charge is 0.394 e. The van der Waals surface area contributed by atoms with Crippen molar-refractivity contribution in [3.05, 3.63) is 23.5 Å². The van der Waals surface area contributed by atoms with Gasteiger partial charge in [0.25, 0.3) is 11.6 Å². The summed E-state index contributed by atoms with van der Waals surface area (Å²) in [6.45, 7) is 3.49. The van der Waals surface area contributed by atoms with Crippen molar-refractivity contribution < 1.29 is 14.4 Å². The van der Waals surface area contributed by atoms with Gasteiger partial charge in [0.15, 0.2) is 0 Å². The maximum absolute atomic E-state index is 12.1. The van der Waals surface area contributed by atoms with Gasteiger partial charge in [0.1, 0.15) is 0 Å². The first-order valence-electron chi connectivity index (χ1n) is 5.64. The molecule has 0 saturated heterocycles. The molecule has 96 valence electrons. The highest BCUT2D eigenvalue weighted by molar-refractivity contribution is 5.97. The lowest BCUT2D eigenvalue weighted by molar-refractivity contribution is 0.0682. The number of likely N-dealkylation sites (N-methyl/N-ethyl adjacent to an activating group) is 1. The maximum Gasteiger partial charge on any atom is 0.257 e. The number of amides is 1. The van der Waals surface area contributed by atoms with Crippen LogP contribution in [0.15, 0.2) is 16.8 Å². The van der Waals surface area contributed by atoms with Gasteiger partial charge in [-0.15, -0.1) is 0 Å². The van der Waals surface area contributed by atoms with Gasteiger partial charge >= 0.3 is 0 Å². The highest BCUT2D eigenvalue weighted by Crippen LogP contribution is 2.17. The molecule has 0 fully saturated rings. The standard InChI is InChI=1S/C12H15N3O3/c1-7(6-16)15(3)12(17)9-4-10-8(2)14-18-11(10)13-5-9/h4-5,7,16H,6H2,1-3H3. The molecule has 1 unspecified atom stereocenters. The molecular weight excluding hydrogens is 234 g/mol. The normalized spacial score (nSPS) is 12.7. The Morgan fingerprint density at radius 2 is 2.33 bits per heavy atom. The van der Waals surface area contributed by atoms with Crippen molar-refractivity contribution in [1.82, 2.24) is 15.0 Å². The molecule has 2 heterocycles. The fourth-order valence-electron chi connectivity index (χ4n) is 1.59. The molecule has 0 radical (unpaired) electrons. The van der Waals surface area contributed by atoms with E-state index in [0.717, 1.165) is 5.39 Å². The predicted octanol–water partition coefficient (Wildman–Crippen LogP) is 0.984. The summed E-state index contributed by atoms with van der Waals surface area (Å²) in [6.07, 6.45) is 1.45. The molecular formula is C12H15N3O3. The highest BCUT2D eigenvalue weighted by atomic mass is 16.5. The zero-order valence-electron chi connectivity index (χ0n) is 10.5. The summed E-state index contributed by atoms with van der Waals surface area (Å²) in [7, 11) is 1.65. The second kappa shape index (κ2) is 4.73. The Hall–Kier alpha value is -1.95. The molecule has 0 bridgehead atoms. The minimum atomic E-state index is -0.239. The Balaban J connectivity index is 2.36. The Kier molecular flexibility index (Phi) is 3.29. The number of nitrogens with zero attached hydrogens (tertiary/aromatic N) is 3. The van der Waals surface area contributed by atoms with Gasteiger partial charge in [-0.2, -0.15) is 0 Å². The summed E-state index contributed by atoms with van der Waals surface area (Å²) in [6, 6.07) is 1.47. The molecule has 1 N–H and O–H groups in total. The zero-order valence-corrected chi connectivity index (χ0v) is 10.5. The van der Waals surface area contributed by atoms with Crippen LogP contribution in [0.1, 0.15) is 23.0 Å². The third-order valence-electron chi connectivity index (χ3n) is 3.00. The average Bonchev–Trinajstić information content (AvgIpc) is 2.77. The van der Waals surface area contributed by atoms with Crippen molar-refractivity contribution in [3.63, 3.8) is 0 Å². The number of hydrogen-bond acceptors (Lipinski definition) is 5. The van der Waals surface area contributed by atoms with E-state index in [4.69, 9.17) is 9.63 Å². The number of rotatable bonds is 3. The van der Waals surface area contributed by atoms with Crippen molar-refractivity contribution in [3.8, 4) is 0 Å². The maximum atomic E-state index is 12.1. The molecule has 6 nitrogen and oxygen atoms in total. The first-order valence-corrected chi connectivity index (χ1v) is 5.64. The SMILES string of the molecule is Cc1noc2ncc(C(=O)N(C)C(C)CO)cc12. The van der Waals surface area contributed by atoms with Crippen LogP contribution >= 0.6 is 0 Å². The van der Waals surface area contributed by atoms with E-state index in [1.807, 2.05) is 0 Å². The number of aliphatic hydroxyl groups excluding tert-OH is 1. The molecule has 18 heavy (non-hydrogen) atoms. The van der Waals surface area contributed by atoms with Crippen molar-refractivity contribution in [2.75, 3.05) is 13.7 Å². The van der Waals surface area contributed by atoms with Crippen molar-refractivity contribution in [2.24, 2.45) is 0 Å². The second-order valence-corrected chi connectivity index (χ2v) is 4.29. The first kappa shape index (κ1) is 12.5. The summed E-state index contributed by atoms with van der Waals surface area (Å²) >= 11 is 0. The van der Waals surface area contributed by atoms with Gasteiger partial charge in [0.2, 0.25) is 0 Å². The van der Waals surface area contributed by atoms with Gasteiger partial charge < -0.3 is 14.5 Å². The van der Waals surface area contributed by atoms with E-state index in [2.05, 4.69) is 10.1 Å². The van der Waals surface area contributed by atoms with Crippen molar-refractivity contribution in [2.45, 2.75) is 19.9 Å². The Morgan fingerprint density at radius 1 is 1.61 bits per heavy atom. The molecule has 2 aromatic rings. The van der Waals surface area contributed by atoms with Gasteiger partial charge in [0.05, 0.1) is 29.3 Å². The first-order chi connectivity index (χ1) is 8.54. The van der Waals surface area contributed by atoms with E-state index in [1.165, 1.54) is 11.1 Å². The highest BCUT2D eigenvalue weighted by Gasteiger charge is 2.18. The molecule has 6 heteroatoms. The van der Waals surface area contributed by atoms with Crippen LogP contribution in [-0.2, 0) is 0 Å². The van der Waals surface area contributed by atoms with E-state index in [9.17, 15) is 4.79 Å². The minimum absolute atomic E-state index is 0.0792. The molecule has 1 amide bonds. The van der Waals surface area contributed by atoms with E-state index in [0.29, 0.717) is 17.0 Å². The number of fused-ring (bicyclic) bond motifs is 1. The van der Waals surface area contributed by atoms with E-state index in [1.54, 1.807) is 27.0 Å².